The number of nitrogens with one attached hydrogen (secondary N) is 1. The smallest absolute Gasteiger partial charge is 0.238 e. The summed E-state index contributed by atoms with van der Waals surface area (Å²) in [6.07, 6.45) is 3.01. The maximum Gasteiger partial charge on any atom is 0.238 e. The van der Waals surface area contributed by atoms with E-state index in [4.69, 9.17) is 11.0 Å². The monoisotopic (exact) mass is 319 g/mol. The normalized spacial score (nSPS) is 11.7. The molecule has 0 saturated carbocycles. The van der Waals surface area contributed by atoms with Crippen molar-refractivity contribution in [3.05, 3.63) is 42.5 Å². The molecule has 2 aromatic heterocycles. The molecule has 0 atom stereocenters. The van der Waals surface area contributed by atoms with Gasteiger partial charge in [-0.25, -0.2) is 34.4 Å². The first-order valence-corrected chi connectivity index (χ1v) is 7.78. The molecule has 2 heterocycles. The molecule has 9 nitrogen and oxygen atoms in total. The van der Waals surface area contributed by atoms with Crippen LogP contribution in [0.25, 0.3) is 11.2 Å². The van der Waals surface area contributed by atoms with Crippen LogP contribution in [-0.4, -0.2) is 27.9 Å². The largest absolute Gasteiger partial charge is 0.311 e. The number of anilines is 1. The van der Waals surface area contributed by atoms with Gasteiger partial charge in [-0.15, -0.1) is 0 Å². The van der Waals surface area contributed by atoms with Crippen LogP contribution < -0.4 is 16.4 Å². The number of nitrogens with two attached hydrogens (primary N) is 2. The highest BCUT2D eigenvalue weighted by atomic mass is 32.2. The highest BCUT2D eigenvalue weighted by Crippen LogP contribution is 2.18. The van der Waals surface area contributed by atoms with Gasteiger partial charge in [-0.3, -0.25) is 0 Å². The number of hydrogen-bond acceptors (Lipinski definition) is 7. The Morgan fingerprint density at radius 2 is 1.86 bits per heavy atom. The SMILES string of the molecule is NNc1ncnc2c1ncn2Cc1ccc(S(N)(=O)=O)cc1. The van der Waals surface area contributed by atoms with Crippen LogP contribution in [0, 0.1) is 0 Å². The van der Waals surface area contributed by atoms with E-state index < -0.39 is 10.0 Å². The molecule has 10 heteroatoms. The highest BCUT2D eigenvalue weighted by molar-refractivity contribution is 7.89. The fourth-order valence-electron chi connectivity index (χ4n) is 2.08. The molecule has 1 aromatic carbocycles. The summed E-state index contributed by atoms with van der Waals surface area (Å²) in [5, 5.41) is 5.07. The maximum atomic E-state index is 11.2. The zero-order valence-electron chi connectivity index (χ0n) is 11.3. The van der Waals surface area contributed by atoms with Gasteiger partial charge in [0.25, 0.3) is 0 Å². The minimum Gasteiger partial charge on any atom is -0.311 e. The molecule has 0 bridgehead atoms. The van der Waals surface area contributed by atoms with Crippen molar-refractivity contribution < 1.29 is 8.42 Å². The summed E-state index contributed by atoms with van der Waals surface area (Å²) in [6, 6.07) is 6.31. The molecule has 3 rings (SSSR count). The van der Waals surface area contributed by atoms with Crippen molar-refractivity contribution in [2.45, 2.75) is 11.4 Å². The first-order valence-electron chi connectivity index (χ1n) is 6.23. The molecule has 0 aliphatic heterocycles. The number of nitrogens with zero attached hydrogens (tertiary/aromatic N) is 4. The molecule has 0 saturated heterocycles. The number of nitrogen functional groups attached to an aromatic ring is 1. The molecule has 0 aliphatic rings. The molecule has 0 amide bonds. The van der Waals surface area contributed by atoms with Crippen molar-refractivity contribution in [2.24, 2.45) is 11.0 Å². The van der Waals surface area contributed by atoms with Crippen molar-refractivity contribution in [3.8, 4) is 0 Å². The fraction of sp³-hybridized carbons (Fsp3) is 0.0833. The summed E-state index contributed by atoms with van der Waals surface area (Å²) in [5.41, 5.74) is 4.53. The molecular formula is C12H13N7O2S. The van der Waals surface area contributed by atoms with E-state index in [1.807, 2.05) is 4.57 Å². The Bertz CT molecular complexity index is 918. The summed E-state index contributed by atoms with van der Waals surface area (Å²) >= 11 is 0. The second kappa shape index (κ2) is 5.33. The predicted octanol–water partition coefficient (Wildman–Crippen LogP) is -0.192. The quantitative estimate of drug-likeness (QED) is 0.447. The van der Waals surface area contributed by atoms with Gasteiger partial charge in [0.15, 0.2) is 17.0 Å². The summed E-state index contributed by atoms with van der Waals surface area (Å²) < 4.78 is 24.3. The molecule has 0 radical (unpaired) electrons. The number of fused-ring (bicyclic) bond motifs is 1. The molecule has 5 N–H and O–H groups in total. The molecular weight excluding hydrogens is 306 g/mol. The number of benzene rings is 1. The van der Waals surface area contributed by atoms with Crippen molar-refractivity contribution in [3.63, 3.8) is 0 Å². The van der Waals surface area contributed by atoms with Crippen LogP contribution in [0.5, 0.6) is 0 Å². The van der Waals surface area contributed by atoms with E-state index >= 15 is 0 Å². The molecule has 22 heavy (non-hydrogen) atoms. The Labute approximate surface area is 126 Å². The number of hydrogen-bond donors (Lipinski definition) is 3. The Balaban J connectivity index is 1.94. The first-order chi connectivity index (χ1) is 10.5. The standard InChI is InChI=1S/C12H13N7O2S/c13-18-11-10-12(16-6-15-11)19(7-17-10)5-8-1-3-9(4-2-8)22(14,20)21/h1-4,6-7H,5,13H2,(H2,14,20,21)(H,15,16,18). The van der Waals surface area contributed by atoms with E-state index in [2.05, 4.69) is 20.4 Å². The summed E-state index contributed by atoms with van der Waals surface area (Å²) in [6.45, 7) is 0.475. The lowest BCUT2D eigenvalue weighted by Crippen LogP contribution is -2.12. The summed E-state index contributed by atoms with van der Waals surface area (Å²) in [7, 11) is -3.69. The zero-order valence-corrected chi connectivity index (χ0v) is 12.2. The van der Waals surface area contributed by atoms with Crippen LogP contribution in [-0.2, 0) is 16.6 Å². The summed E-state index contributed by atoms with van der Waals surface area (Å²) in [4.78, 5) is 12.5. The van der Waals surface area contributed by atoms with Gasteiger partial charge in [0.1, 0.15) is 6.33 Å². The predicted molar refractivity (Wildman–Crippen MR) is 80.1 cm³/mol. The second-order valence-corrected chi connectivity index (χ2v) is 6.16. The minimum atomic E-state index is -3.69. The molecule has 114 valence electrons. The van der Waals surface area contributed by atoms with Crippen molar-refractivity contribution >= 4 is 27.0 Å². The number of imidazole rings is 1. The Hall–Kier alpha value is -2.56. The van der Waals surface area contributed by atoms with E-state index in [9.17, 15) is 8.42 Å². The molecule has 0 spiro atoms. The average molecular weight is 319 g/mol. The zero-order chi connectivity index (χ0) is 15.7. The minimum absolute atomic E-state index is 0.0729. The number of sulfonamides is 1. The average Bonchev–Trinajstić information content (AvgIpc) is 2.90. The van der Waals surface area contributed by atoms with Crippen LogP contribution in [0.1, 0.15) is 5.56 Å². The molecule has 0 fully saturated rings. The number of hydrazine groups is 1. The Morgan fingerprint density at radius 3 is 2.50 bits per heavy atom. The third kappa shape index (κ3) is 2.62. The van der Waals surface area contributed by atoms with Crippen LogP contribution in [0.3, 0.4) is 0 Å². The van der Waals surface area contributed by atoms with Gasteiger partial charge in [0.05, 0.1) is 17.8 Å². The molecule has 0 unspecified atom stereocenters. The van der Waals surface area contributed by atoms with Gasteiger partial charge < -0.3 is 9.99 Å². The van der Waals surface area contributed by atoms with Gasteiger partial charge in [-0.2, -0.15) is 0 Å². The fourth-order valence-corrected chi connectivity index (χ4v) is 2.60. The lowest BCUT2D eigenvalue weighted by molar-refractivity contribution is 0.597. The van der Waals surface area contributed by atoms with Crippen LogP contribution >= 0.6 is 0 Å². The third-order valence-electron chi connectivity index (χ3n) is 3.14. The van der Waals surface area contributed by atoms with E-state index in [0.717, 1.165) is 5.56 Å². The third-order valence-corrected chi connectivity index (χ3v) is 4.07. The van der Waals surface area contributed by atoms with E-state index in [1.54, 1.807) is 18.5 Å². The topological polar surface area (TPSA) is 142 Å². The molecule has 3 aromatic rings. The lowest BCUT2D eigenvalue weighted by atomic mass is 10.2. The van der Waals surface area contributed by atoms with Crippen molar-refractivity contribution in [1.29, 1.82) is 0 Å². The number of rotatable bonds is 4. The lowest BCUT2D eigenvalue weighted by Gasteiger charge is -2.05. The first kappa shape index (κ1) is 14.4. The Kier molecular flexibility index (Phi) is 3.48. The van der Waals surface area contributed by atoms with Crippen LogP contribution in [0.2, 0.25) is 0 Å². The highest BCUT2D eigenvalue weighted by Gasteiger charge is 2.10. The molecule has 0 aliphatic carbocycles. The van der Waals surface area contributed by atoms with Gasteiger partial charge in [-0.1, -0.05) is 12.1 Å². The van der Waals surface area contributed by atoms with Gasteiger partial charge >= 0.3 is 0 Å². The van der Waals surface area contributed by atoms with Gasteiger partial charge in [-0.05, 0) is 17.7 Å². The number of aromatic nitrogens is 4. The van der Waals surface area contributed by atoms with Crippen LogP contribution in [0.15, 0.2) is 41.8 Å². The number of primary sulfonamides is 1. The van der Waals surface area contributed by atoms with E-state index in [0.29, 0.717) is 23.5 Å². The Morgan fingerprint density at radius 1 is 1.14 bits per heavy atom. The maximum absolute atomic E-state index is 11.2. The van der Waals surface area contributed by atoms with Crippen molar-refractivity contribution in [2.75, 3.05) is 5.43 Å². The van der Waals surface area contributed by atoms with Crippen molar-refractivity contribution in [1.82, 2.24) is 19.5 Å². The van der Waals surface area contributed by atoms with E-state index in [-0.39, 0.29) is 4.90 Å². The van der Waals surface area contributed by atoms with Crippen LogP contribution in [0.4, 0.5) is 5.82 Å². The second-order valence-electron chi connectivity index (χ2n) is 4.60. The summed E-state index contributed by atoms with van der Waals surface area (Å²) in [5.74, 6) is 5.82. The van der Waals surface area contributed by atoms with Gasteiger partial charge in [0.2, 0.25) is 10.0 Å². The van der Waals surface area contributed by atoms with E-state index in [1.165, 1.54) is 18.5 Å². The van der Waals surface area contributed by atoms with Gasteiger partial charge in [0, 0.05) is 0 Å².